The molecule has 0 aliphatic carbocycles. The van der Waals surface area contributed by atoms with Crippen LogP contribution in [0.4, 0.5) is 0 Å². The van der Waals surface area contributed by atoms with Crippen LogP contribution in [0.5, 0.6) is 0 Å². The topological polar surface area (TPSA) is 66.6 Å². The number of aliphatic hydroxyl groups excluding tert-OH is 1. The van der Waals surface area contributed by atoms with E-state index in [1.807, 2.05) is 0 Å². The largest absolute Gasteiger partial charge is 0.392 e. The van der Waals surface area contributed by atoms with Crippen molar-refractivity contribution in [2.24, 2.45) is 11.7 Å². The molecule has 0 aromatic carbocycles. The van der Waals surface area contributed by atoms with Gasteiger partial charge >= 0.3 is 0 Å². The quantitative estimate of drug-likeness (QED) is 0.644. The maximum absolute atomic E-state index is 11.8. The number of carbonyl (C=O) groups excluding carboxylic acids is 1. The van der Waals surface area contributed by atoms with E-state index in [9.17, 15) is 9.90 Å². The Kier molecular flexibility index (Phi) is 9.09. The molecule has 0 rings (SSSR count). The van der Waals surface area contributed by atoms with Crippen LogP contribution in [0, 0.1) is 5.92 Å². The lowest BCUT2D eigenvalue weighted by molar-refractivity contribution is -0.131. The van der Waals surface area contributed by atoms with Crippen molar-refractivity contribution in [3.8, 4) is 0 Å². The minimum absolute atomic E-state index is 0.115. The van der Waals surface area contributed by atoms with Crippen molar-refractivity contribution >= 4 is 5.91 Å². The van der Waals surface area contributed by atoms with Crippen molar-refractivity contribution in [1.29, 1.82) is 0 Å². The molecule has 0 spiro atoms. The monoisotopic (exact) mass is 244 g/mol. The average molecular weight is 244 g/mol. The zero-order valence-electron chi connectivity index (χ0n) is 11.5. The van der Waals surface area contributed by atoms with Gasteiger partial charge in [-0.05, 0) is 32.2 Å². The number of hydrogen-bond donors (Lipinski definition) is 2. The van der Waals surface area contributed by atoms with Crippen molar-refractivity contribution in [1.82, 2.24) is 4.90 Å². The van der Waals surface area contributed by atoms with E-state index in [1.54, 1.807) is 18.9 Å². The number of rotatable bonds is 9. The molecule has 0 radical (unpaired) electrons. The van der Waals surface area contributed by atoms with Gasteiger partial charge in [0.2, 0.25) is 5.91 Å². The second kappa shape index (κ2) is 9.42. The Balaban J connectivity index is 3.93. The highest BCUT2D eigenvalue weighted by Crippen LogP contribution is 2.17. The van der Waals surface area contributed by atoms with Crippen molar-refractivity contribution in [3.05, 3.63) is 0 Å². The fraction of sp³-hybridized carbons (Fsp3) is 0.923. The van der Waals surface area contributed by atoms with Crippen LogP contribution in [0.1, 0.15) is 46.0 Å². The second-order valence-corrected chi connectivity index (χ2v) is 4.89. The SMILES string of the molecule is CCCC(CCN)CCC(=O)N(C)CC(C)O. The van der Waals surface area contributed by atoms with Gasteiger partial charge in [0.15, 0.2) is 0 Å². The van der Waals surface area contributed by atoms with E-state index in [1.165, 1.54) is 0 Å². The van der Waals surface area contributed by atoms with E-state index in [4.69, 9.17) is 5.73 Å². The summed E-state index contributed by atoms with van der Waals surface area (Å²) in [6.45, 7) is 4.96. The summed E-state index contributed by atoms with van der Waals surface area (Å²) in [4.78, 5) is 13.4. The van der Waals surface area contributed by atoms with Crippen LogP contribution in [0.15, 0.2) is 0 Å². The molecule has 3 N–H and O–H groups in total. The molecule has 0 aromatic heterocycles. The molecule has 1 amide bonds. The second-order valence-electron chi connectivity index (χ2n) is 4.89. The summed E-state index contributed by atoms with van der Waals surface area (Å²) in [5, 5.41) is 9.21. The van der Waals surface area contributed by atoms with Gasteiger partial charge in [-0.1, -0.05) is 19.8 Å². The summed E-state index contributed by atoms with van der Waals surface area (Å²) >= 11 is 0. The Bertz CT molecular complexity index is 202. The molecular formula is C13H28N2O2. The number of aliphatic hydroxyl groups is 1. The molecule has 102 valence electrons. The molecule has 0 bridgehead atoms. The van der Waals surface area contributed by atoms with Crippen LogP contribution in [0.3, 0.4) is 0 Å². The molecule has 17 heavy (non-hydrogen) atoms. The van der Waals surface area contributed by atoms with E-state index < -0.39 is 6.10 Å². The predicted octanol–water partition coefficient (Wildman–Crippen LogP) is 1.37. The third kappa shape index (κ3) is 8.16. The van der Waals surface area contributed by atoms with E-state index in [2.05, 4.69) is 6.92 Å². The summed E-state index contributed by atoms with van der Waals surface area (Å²) in [6, 6.07) is 0. The number of nitrogens with zero attached hydrogens (tertiary/aromatic N) is 1. The lowest BCUT2D eigenvalue weighted by atomic mass is 9.94. The summed E-state index contributed by atoms with van der Waals surface area (Å²) in [5.41, 5.74) is 5.56. The Hall–Kier alpha value is -0.610. The van der Waals surface area contributed by atoms with Crippen LogP contribution < -0.4 is 5.73 Å². The summed E-state index contributed by atoms with van der Waals surface area (Å²) in [5.74, 6) is 0.679. The minimum Gasteiger partial charge on any atom is -0.392 e. The molecule has 0 aliphatic rings. The van der Waals surface area contributed by atoms with Crippen LogP contribution in [-0.2, 0) is 4.79 Å². The van der Waals surface area contributed by atoms with Gasteiger partial charge in [-0.15, -0.1) is 0 Å². The van der Waals surface area contributed by atoms with Gasteiger partial charge in [-0.2, -0.15) is 0 Å². The summed E-state index contributed by atoms with van der Waals surface area (Å²) < 4.78 is 0. The van der Waals surface area contributed by atoms with Crippen molar-refractivity contribution in [3.63, 3.8) is 0 Å². The molecule has 0 heterocycles. The van der Waals surface area contributed by atoms with Gasteiger partial charge in [0, 0.05) is 20.0 Å². The van der Waals surface area contributed by atoms with Crippen molar-refractivity contribution in [2.45, 2.75) is 52.1 Å². The predicted molar refractivity (Wildman–Crippen MR) is 70.6 cm³/mol. The fourth-order valence-corrected chi connectivity index (χ4v) is 2.09. The molecule has 0 aliphatic heterocycles. The Morgan fingerprint density at radius 2 is 2.00 bits per heavy atom. The first-order chi connectivity index (χ1) is 8.01. The van der Waals surface area contributed by atoms with E-state index in [0.717, 1.165) is 25.7 Å². The highest BCUT2D eigenvalue weighted by Gasteiger charge is 2.14. The molecule has 4 heteroatoms. The van der Waals surface area contributed by atoms with Crippen LogP contribution >= 0.6 is 0 Å². The first kappa shape index (κ1) is 16.4. The van der Waals surface area contributed by atoms with Gasteiger partial charge in [0.25, 0.3) is 0 Å². The number of amides is 1. The molecule has 2 unspecified atom stereocenters. The van der Waals surface area contributed by atoms with E-state index in [0.29, 0.717) is 25.4 Å². The normalized spacial score (nSPS) is 14.4. The number of carbonyl (C=O) groups is 1. The Morgan fingerprint density at radius 1 is 1.35 bits per heavy atom. The van der Waals surface area contributed by atoms with Gasteiger partial charge in [0.05, 0.1) is 6.10 Å². The molecule has 0 fully saturated rings. The number of hydrogen-bond acceptors (Lipinski definition) is 3. The van der Waals surface area contributed by atoms with Gasteiger partial charge in [0.1, 0.15) is 0 Å². The zero-order chi connectivity index (χ0) is 13.3. The number of nitrogens with two attached hydrogens (primary N) is 1. The first-order valence-corrected chi connectivity index (χ1v) is 6.63. The lowest BCUT2D eigenvalue weighted by Crippen LogP contribution is -2.33. The highest BCUT2D eigenvalue weighted by atomic mass is 16.3. The van der Waals surface area contributed by atoms with E-state index >= 15 is 0 Å². The minimum atomic E-state index is -0.459. The van der Waals surface area contributed by atoms with Crippen LogP contribution in [0.25, 0.3) is 0 Å². The molecule has 4 nitrogen and oxygen atoms in total. The van der Waals surface area contributed by atoms with E-state index in [-0.39, 0.29) is 5.91 Å². The van der Waals surface area contributed by atoms with Crippen molar-refractivity contribution in [2.75, 3.05) is 20.1 Å². The molecule has 0 aromatic rings. The van der Waals surface area contributed by atoms with Gasteiger partial charge in [-0.25, -0.2) is 0 Å². The molecule has 0 saturated carbocycles. The Morgan fingerprint density at radius 3 is 2.47 bits per heavy atom. The third-order valence-corrected chi connectivity index (χ3v) is 3.00. The zero-order valence-corrected chi connectivity index (χ0v) is 11.5. The maximum Gasteiger partial charge on any atom is 0.222 e. The number of likely N-dealkylation sites (N-methyl/N-ethyl adjacent to an activating group) is 1. The first-order valence-electron chi connectivity index (χ1n) is 6.63. The molecule has 0 saturated heterocycles. The molecule has 2 atom stereocenters. The Labute approximate surface area is 105 Å². The van der Waals surface area contributed by atoms with Gasteiger partial charge < -0.3 is 15.7 Å². The standard InChI is InChI=1S/C13H28N2O2/c1-4-5-12(8-9-14)6-7-13(17)15(3)10-11(2)16/h11-12,16H,4-10,14H2,1-3H3. The molecular weight excluding hydrogens is 216 g/mol. The highest BCUT2D eigenvalue weighted by molar-refractivity contribution is 5.75. The van der Waals surface area contributed by atoms with Crippen LogP contribution in [-0.4, -0.2) is 42.2 Å². The third-order valence-electron chi connectivity index (χ3n) is 3.00. The van der Waals surface area contributed by atoms with Crippen molar-refractivity contribution < 1.29 is 9.90 Å². The van der Waals surface area contributed by atoms with Crippen LogP contribution in [0.2, 0.25) is 0 Å². The average Bonchev–Trinajstić information content (AvgIpc) is 2.25. The smallest absolute Gasteiger partial charge is 0.222 e. The van der Waals surface area contributed by atoms with Gasteiger partial charge in [-0.3, -0.25) is 4.79 Å². The maximum atomic E-state index is 11.8. The lowest BCUT2D eigenvalue weighted by Gasteiger charge is -2.20. The summed E-state index contributed by atoms with van der Waals surface area (Å²) in [7, 11) is 1.74. The summed E-state index contributed by atoms with van der Waals surface area (Å²) in [6.07, 6.45) is 4.30. The fourth-order valence-electron chi connectivity index (χ4n) is 2.09.